The molecule has 0 aliphatic heterocycles. The summed E-state index contributed by atoms with van der Waals surface area (Å²) in [5.74, 6) is -0.916. The van der Waals surface area contributed by atoms with Crippen LogP contribution in [0.15, 0.2) is 36.4 Å². The minimum atomic E-state index is -0.840. The third-order valence-corrected chi connectivity index (χ3v) is 6.07. The largest absolute Gasteiger partial charge is 0.481 e. The van der Waals surface area contributed by atoms with Crippen LogP contribution in [0.4, 0.5) is 5.69 Å². The molecular weight excluding hydrogens is 393 g/mol. The van der Waals surface area contributed by atoms with E-state index in [9.17, 15) is 14.7 Å². The van der Waals surface area contributed by atoms with Gasteiger partial charge in [0.05, 0.1) is 11.8 Å². The van der Waals surface area contributed by atoms with Crippen molar-refractivity contribution in [2.24, 2.45) is 35.5 Å². The minimum Gasteiger partial charge on any atom is -0.481 e. The number of carbonyl (C=O) groups excluding carboxylic acids is 1. The molecule has 2 fully saturated rings. The molecule has 6 atom stereocenters. The molecule has 1 aromatic rings. The van der Waals surface area contributed by atoms with E-state index >= 15 is 0 Å². The Kier molecular flexibility index (Phi) is 3.29. The molecule has 4 aliphatic carbocycles. The lowest BCUT2D eigenvalue weighted by molar-refractivity contribution is -0.152. The number of fused-ring (bicyclic) bond motifs is 1. The van der Waals surface area contributed by atoms with Crippen molar-refractivity contribution < 1.29 is 14.7 Å². The molecule has 0 saturated heterocycles. The van der Waals surface area contributed by atoms with Gasteiger partial charge in [-0.25, -0.2) is 0 Å². The van der Waals surface area contributed by atoms with E-state index in [1.165, 1.54) is 0 Å². The smallest absolute Gasteiger partial charge is 0.307 e. The van der Waals surface area contributed by atoms with Crippen molar-refractivity contribution in [2.75, 3.05) is 5.32 Å². The van der Waals surface area contributed by atoms with Crippen molar-refractivity contribution in [1.29, 1.82) is 0 Å². The normalized spacial score (nSPS) is 37.5. The Balaban J connectivity index is 1.60. The van der Waals surface area contributed by atoms with Crippen molar-refractivity contribution in [3.05, 3.63) is 40.0 Å². The van der Waals surface area contributed by atoms with Crippen LogP contribution in [-0.4, -0.2) is 17.0 Å². The highest BCUT2D eigenvalue weighted by Crippen LogP contribution is 2.63. The van der Waals surface area contributed by atoms with Gasteiger partial charge in [-0.05, 0) is 76.9 Å². The molecule has 0 unspecified atom stereocenters. The molecule has 5 heteroatoms. The van der Waals surface area contributed by atoms with Crippen molar-refractivity contribution in [1.82, 2.24) is 0 Å². The highest BCUT2D eigenvalue weighted by molar-refractivity contribution is 14.1. The number of halogens is 1. The predicted octanol–water partition coefficient (Wildman–Crippen LogP) is 3.00. The van der Waals surface area contributed by atoms with E-state index in [1.54, 1.807) is 0 Å². The summed E-state index contributed by atoms with van der Waals surface area (Å²) in [6.07, 6.45) is 5.18. The van der Waals surface area contributed by atoms with Crippen LogP contribution in [-0.2, 0) is 9.59 Å². The molecule has 0 aromatic heterocycles. The number of rotatable bonds is 3. The average Bonchev–Trinajstić information content (AvgIpc) is 3.30. The number of carboxylic acid groups (broad SMARTS) is 1. The molecule has 0 heterocycles. The van der Waals surface area contributed by atoms with E-state index in [1.807, 2.05) is 30.3 Å². The highest BCUT2D eigenvalue weighted by atomic mass is 127. The molecule has 2 N–H and O–H groups in total. The van der Waals surface area contributed by atoms with E-state index in [0.29, 0.717) is 11.8 Å². The van der Waals surface area contributed by atoms with Crippen LogP contribution in [0.5, 0.6) is 0 Å². The Bertz CT molecular complexity index is 669. The minimum absolute atomic E-state index is 0.0278. The van der Waals surface area contributed by atoms with Crippen LogP contribution >= 0.6 is 22.6 Å². The van der Waals surface area contributed by atoms with Crippen molar-refractivity contribution >= 4 is 40.2 Å². The summed E-state index contributed by atoms with van der Waals surface area (Å²) in [5, 5.41) is 12.5. The first-order valence-corrected chi connectivity index (χ1v) is 8.61. The van der Waals surface area contributed by atoms with Gasteiger partial charge in [-0.2, -0.15) is 0 Å². The summed E-state index contributed by atoms with van der Waals surface area (Å²) in [7, 11) is 0. The van der Waals surface area contributed by atoms with Gasteiger partial charge in [-0.1, -0.05) is 12.2 Å². The second kappa shape index (κ2) is 5.08. The Morgan fingerprint density at radius 3 is 2.23 bits per heavy atom. The monoisotopic (exact) mass is 409 g/mol. The zero-order valence-corrected chi connectivity index (χ0v) is 13.9. The Hall–Kier alpha value is -1.37. The Labute approximate surface area is 142 Å². The van der Waals surface area contributed by atoms with Gasteiger partial charge in [0.2, 0.25) is 5.91 Å². The molecule has 4 aliphatic rings. The van der Waals surface area contributed by atoms with Gasteiger partial charge in [0.25, 0.3) is 0 Å². The van der Waals surface area contributed by atoms with Crippen LogP contribution in [0.3, 0.4) is 0 Å². The van der Waals surface area contributed by atoms with Crippen molar-refractivity contribution in [3.63, 3.8) is 0 Å². The number of aliphatic carboxylic acids is 1. The van der Waals surface area contributed by atoms with E-state index < -0.39 is 17.8 Å². The quantitative estimate of drug-likeness (QED) is 0.596. The lowest BCUT2D eigenvalue weighted by Crippen LogP contribution is -2.48. The lowest BCUT2D eigenvalue weighted by Gasteiger charge is -2.41. The average molecular weight is 409 g/mol. The molecule has 22 heavy (non-hydrogen) atoms. The molecule has 1 amide bonds. The van der Waals surface area contributed by atoms with Gasteiger partial charge < -0.3 is 10.4 Å². The summed E-state index contributed by atoms with van der Waals surface area (Å²) in [6, 6.07) is 7.56. The van der Waals surface area contributed by atoms with Crippen LogP contribution in [0.2, 0.25) is 0 Å². The van der Waals surface area contributed by atoms with Crippen molar-refractivity contribution in [3.8, 4) is 0 Å². The zero-order chi connectivity index (χ0) is 15.4. The maximum atomic E-state index is 12.7. The molecular formula is C17H16INO3. The summed E-state index contributed by atoms with van der Waals surface area (Å²) in [4.78, 5) is 24.4. The Morgan fingerprint density at radius 1 is 1.05 bits per heavy atom. The van der Waals surface area contributed by atoms with Crippen LogP contribution in [0.25, 0.3) is 0 Å². The van der Waals surface area contributed by atoms with Gasteiger partial charge in [0.15, 0.2) is 0 Å². The molecule has 0 spiro atoms. The van der Waals surface area contributed by atoms with Gasteiger partial charge in [0.1, 0.15) is 0 Å². The molecule has 1 aromatic carbocycles. The number of allylic oxidation sites excluding steroid dienone is 2. The first-order valence-electron chi connectivity index (χ1n) is 7.54. The predicted molar refractivity (Wildman–Crippen MR) is 90.1 cm³/mol. The van der Waals surface area contributed by atoms with Gasteiger partial charge in [0, 0.05) is 9.26 Å². The molecule has 5 rings (SSSR count). The Morgan fingerprint density at radius 2 is 1.64 bits per heavy atom. The topological polar surface area (TPSA) is 66.4 Å². The van der Waals surface area contributed by atoms with Gasteiger partial charge in [-0.3, -0.25) is 9.59 Å². The standard InChI is InChI=1S/C17H16INO3/c18-8-1-3-9(4-2-8)19-16(20)14-10-5-6-11(13-7-12(10)13)15(14)17(21)22/h1-6,10-15H,7H2,(H,19,20)(H,21,22)/t10-,11-,12-,13-,14+,15+/m0/s1. The number of carboxylic acids is 1. The summed E-state index contributed by atoms with van der Waals surface area (Å²) in [5.41, 5.74) is 0.729. The van der Waals surface area contributed by atoms with Crippen LogP contribution in [0.1, 0.15) is 6.42 Å². The molecule has 2 saturated carbocycles. The SMILES string of the molecule is O=C(O)[C@@H]1[C@H]2C=C[C@@H]([C@@H]3C[C@@H]23)[C@H]1C(=O)Nc1ccc(I)cc1. The number of amides is 1. The second-order valence-electron chi connectivity index (χ2n) is 6.49. The molecule has 2 bridgehead atoms. The lowest BCUT2D eigenvalue weighted by atomic mass is 9.62. The first kappa shape index (κ1) is 14.2. The maximum absolute atomic E-state index is 12.7. The second-order valence-corrected chi connectivity index (χ2v) is 7.73. The van der Waals surface area contributed by atoms with Gasteiger partial charge >= 0.3 is 5.97 Å². The molecule has 4 nitrogen and oxygen atoms in total. The molecule has 114 valence electrons. The van der Waals surface area contributed by atoms with Gasteiger partial charge in [-0.15, -0.1) is 0 Å². The summed E-state index contributed by atoms with van der Waals surface area (Å²) in [6.45, 7) is 0. The number of benzene rings is 1. The first-order chi connectivity index (χ1) is 10.6. The highest BCUT2D eigenvalue weighted by Gasteiger charge is 2.62. The maximum Gasteiger partial charge on any atom is 0.307 e. The van der Waals surface area contributed by atoms with E-state index in [4.69, 9.17) is 0 Å². The van der Waals surface area contributed by atoms with Crippen LogP contribution in [0, 0.1) is 39.1 Å². The fraction of sp³-hybridized carbons (Fsp3) is 0.412. The van der Waals surface area contributed by atoms with E-state index in [2.05, 4.69) is 34.0 Å². The molecule has 0 radical (unpaired) electrons. The number of hydrogen-bond donors (Lipinski definition) is 2. The van der Waals surface area contributed by atoms with E-state index in [0.717, 1.165) is 15.7 Å². The third kappa shape index (κ3) is 2.17. The van der Waals surface area contributed by atoms with Crippen molar-refractivity contribution in [2.45, 2.75) is 6.42 Å². The summed E-state index contributed by atoms with van der Waals surface area (Å²) < 4.78 is 1.10. The zero-order valence-electron chi connectivity index (χ0n) is 11.8. The fourth-order valence-corrected chi connectivity index (χ4v) is 4.69. The third-order valence-electron chi connectivity index (χ3n) is 5.35. The number of anilines is 1. The number of hydrogen-bond acceptors (Lipinski definition) is 2. The van der Waals surface area contributed by atoms with Crippen LogP contribution < -0.4 is 5.32 Å². The van der Waals surface area contributed by atoms with E-state index in [-0.39, 0.29) is 17.7 Å². The number of nitrogens with one attached hydrogen (secondary N) is 1. The number of carbonyl (C=O) groups is 2. The fourth-order valence-electron chi connectivity index (χ4n) is 4.33. The summed E-state index contributed by atoms with van der Waals surface area (Å²) >= 11 is 2.21.